The van der Waals surface area contributed by atoms with Crippen LogP contribution in [-0.4, -0.2) is 5.91 Å². The lowest BCUT2D eigenvalue weighted by atomic mass is 9.93. The number of carbonyl (C=O) groups excluding carboxylic acids is 1. The van der Waals surface area contributed by atoms with Gasteiger partial charge in [-0.3, -0.25) is 4.79 Å². The number of benzene rings is 2. The van der Waals surface area contributed by atoms with Crippen molar-refractivity contribution in [2.75, 3.05) is 0 Å². The van der Waals surface area contributed by atoms with Gasteiger partial charge in [0.05, 0.1) is 6.04 Å². The lowest BCUT2D eigenvalue weighted by molar-refractivity contribution is 0.0898. The molecule has 0 radical (unpaired) electrons. The summed E-state index contributed by atoms with van der Waals surface area (Å²) in [6, 6.07) is 16.2. The van der Waals surface area contributed by atoms with E-state index in [0.29, 0.717) is 11.7 Å². The van der Waals surface area contributed by atoms with Crippen LogP contribution < -0.4 is 5.32 Å². The second kappa shape index (κ2) is 7.36. The largest absolute Gasteiger partial charge is 0.451 e. The van der Waals surface area contributed by atoms with E-state index in [-0.39, 0.29) is 17.9 Å². The van der Waals surface area contributed by atoms with Crippen molar-refractivity contribution in [3.8, 4) is 0 Å². The average molecular weight is 349 g/mol. The highest BCUT2D eigenvalue weighted by molar-refractivity contribution is 5.99. The third-order valence-corrected chi connectivity index (χ3v) is 4.97. The van der Waals surface area contributed by atoms with E-state index < -0.39 is 0 Å². The Bertz CT molecular complexity index is 904. The van der Waals surface area contributed by atoms with Crippen molar-refractivity contribution < 1.29 is 9.21 Å². The summed E-state index contributed by atoms with van der Waals surface area (Å²) in [5, 5.41) is 4.15. The Balaban J connectivity index is 1.87. The number of hydrogen-bond acceptors (Lipinski definition) is 2. The molecule has 0 aliphatic carbocycles. The number of fused-ring (bicyclic) bond motifs is 1. The summed E-state index contributed by atoms with van der Waals surface area (Å²) in [4.78, 5) is 12.9. The van der Waals surface area contributed by atoms with Crippen molar-refractivity contribution in [2.45, 2.75) is 46.6 Å². The first kappa shape index (κ1) is 18.2. The predicted molar refractivity (Wildman–Crippen MR) is 107 cm³/mol. The smallest absolute Gasteiger partial charge is 0.287 e. The van der Waals surface area contributed by atoms with Crippen molar-refractivity contribution in [3.05, 3.63) is 71.0 Å². The zero-order chi connectivity index (χ0) is 18.8. The molecule has 0 aliphatic heterocycles. The van der Waals surface area contributed by atoms with Crippen LogP contribution >= 0.6 is 0 Å². The molecule has 2 aromatic carbocycles. The zero-order valence-electron chi connectivity index (χ0n) is 16.2. The molecule has 1 atom stereocenters. The third-order valence-electron chi connectivity index (χ3n) is 4.97. The maximum Gasteiger partial charge on any atom is 0.287 e. The standard InChI is InChI=1S/C23H27NO2/c1-14(2)17-10-12-18(13-11-17)21(15(3)4)24-23(25)22-16(5)19-8-6-7-9-20(19)26-22/h6-15,21H,1-5H3,(H,24,25)/t21-/m1/s1. The fourth-order valence-corrected chi connectivity index (χ4v) is 3.32. The molecule has 1 heterocycles. The van der Waals surface area contributed by atoms with Gasteiger partial charge in [0.1, 0.15) is 5.58 Å². The van der Waals surface area contributed by atoms with Crippen LogP contribution in [0.1, 0.15) is 66.9 Å². The molecule has 0 bridgehead atoms. The monoisotopic (exact) mass is 349 g/mol. The van der Waals surface area contributed by atoms with Crippen molar-refractivity contribution in [1.82, 2.24) is 5.32 Å². The van der Waals surface area contributed by atoms with E-state index in [2.05, 4.69) is 57.3 Å². The van der Waals surface area contributed by atoms with Gasteiger partial charge in [0.2, 0.25) is 0 Å². The Hall–Kier alpha value is -2.55. The van der Waals surface area contributed by atoms with Crippen molar-refractivity contribution >= 4 is 16.9 Å². The topological polar surface area (TPSA) is 42.2 Å². The molecule has 3 aromatic rings. The molecule has 136 valence electrons. The second-order valence-electron chi connectivity index (χ2n) is 7.57. The predicted octanol–water partition coefficient (Wildman–Crippen LogP) is 5.99. The molecule has 0 fully saturated rings. The van der Waals surface area contributed by atoms with E-state index >= 15 is 0 Å². The van der Waals surface area contributed by atoms with E-state index in [1.807, 2.05) is 31.2 Å². The van der Waals surface area contributed by atoms with Crippen LogP contribution in [0.25, 0.3) is 11.0 Å². The summed E-state index contributed by atoms with van der Waals surface area (Å²) in [5.41, 5.74) is 4.05. The Labute approximate surface area is 155 Å². The lowest BCUT2D eigenvalue weighted by Gasteiger charge is -2.23. The van der Waals surface area contributed by atoms with Crippen LogP contribution in [0.4, 0.5) is 0 Å². The normalized spacial score (nSPS) is 12.7. The second-order valence-corrected chi connectivity index (χ2v) is 7.57. The first-order chi connectivity index (χ1) is 12.4. The molecule has 1 amide bonds. The van der Waals surface area contributed by atoms with Crippen molar-refractivity contribution in [3.63, 3.8) is 0 Å². The van der Waals surface area contributed by atoms with Crippen LogP contribution in [0.2, 0.25) is 0 Å². The first-order valence-electron chi connectivity index (χ1n) is 9.27. The van der Waals surface area contributed by atoms with Gasteiger partial charge in [-0.1, -0.05) is 70.2 Å². The number of nitrogens with one attached hydrogen (secondary N) is 1. The van der Waals surface area contributed by atoms with Crippen molar-refractivity contribution in [1.29, 1.82) is 0 Å². The Kier molecular flexibility index (Phi) is 5.17. The van der Waals surface area contributed by atoms with E-state index in [4.69, 9.17) is 4.42 Å². The molecule has 3 heteroatoms. The third kappa shape index (κ3) is 3.52. The molecule has 26 heavy (non-hydrogen) atoms. The zero-order valence-corrected chi connectivity index (χ0v) is 16.2. The van der Waals surface area contributed by atoms with E-state index in [1.54, 1.807) is 0 Å². The molecule has 3 rings (SSSR count). The van der Waals surface area contributed by atoms with Gasteiger partial charge in [0, 0.05) is 10.9 Å². The minimum absolute atomic E-state index is 0.0590. The van der Waals surface area contributed by atoms with Crippen LogP contribution in [0.5, 0.6) is 0 Å². The molecule has 1 aromatic heterocycles. The van der Waals surface area contributed by atoms with Gasteiger partial charge in [-0.25, -0.2) is 0 Å². The molecular weight excluding hydrogens is 322 g/mol. The highest BCUT2D eigenvalue weighted by atomic mass is 16.3. The van der Waals surface area contributed by atoms with Gasteiger partial charge in [0.15, 0.2) is 5.76 Å². The summed E-state index contributed by atoms with van der Waals surface area (Å²) in [6.45, 7) is 10.5. The number of furan rings is 1. The first-order valence-corrected chi connectivity index (χ1v) is 9.27. The van der Waals surface area contributed by atoms with Crippen LogP contribution in [0.15, 0.2) is 52.9 Å². The van der Waals surface area contributed by atoms with Gasteiger partial charge < -0.3 is 9.73 Å². The molecule has 0 spiro atoms. The number of aryl methyl sites for hydroxylation is 1. The average Bonchev–Trinajstić information content (AvgIpc) is 2.96. The minimum Gasteiger partial charge on any atom is -0.451 e. The number of para-hydroxylation sites is 1. The van der Waals surface area contributed by atoms with Gasteiger partial charge >= 0.3 is 0 Å². The molecule has 0 aliphatic rings. The minimum atomic E-state index is -0.162. The molecule has 0 unspecified atom stereocenters. The van der Waals surface area contributed by atoms with Crippen LogP contribution in [-0.2, 0) is 0 Å². The summed E-state index contributed by atoms with van der Waals surface area (Å²) < 4.78 is 5.82. The van der Waals surface area contributed by atoms with Gasteiger partial charge in [-0.2, -0.15) is 0 Å². The maximum atomic E-state index is 12.9. The maximum absolute atomic E-state index is 12.9. The highest BCUT2D eigenvalue weighted by Gasteiger charge is 2.23. The number of hydrogen-bond donors (Lipinski definition) is 1. The molecule has 0 saturated heterocycles. The van der Waals surface area contributed by atoms with Gasteiger partial charge in [0.25, 0.3) is 5.91 Å². The summed E-state index contributed by atoms with van der Waals surface area (Å²) in [5.74, 6) is 1.00. The fourth-order valence-electron chi connectivity index (χ4n) is 3.32. The number of amides is 1. The lowest BCUT2D eigenvalue weighted by Crippen LogP contribution is -2.31. The molecule has 0 saturated carbocycles. The number of carbonyl (C=O) groups is 1. The summed E-state index contributed by atoms with van der Waals surface area (Å²) >= 11 is 0. The fraction of sp³-hybridized carbons (Fsp3) is 0.348. The van der Waals surface area contributed by atoms with Gasteiger partial charge in [-0.15, -0.1) is 0 Å². The summed E-state index contributed by atoms with van der Waals surface area (Å²) in [6.07, 6.45) is 0. The highest BCUT2D eigenvalue weighted by Crippen LogP contribution is 2.28. The molecular formula is C23H27NO2. The molecule has 3 nitrogen and oxygen atoms in total. The Morgan fingerprint density at radius 1 is 0.923 bits per heavy atom. The SMILES string of the molecule is Cc1c(C(=O)N[C@@H](c2ccc(C(C)C)cc2)C(C)C)oc2ccccc12. The summed E-state index contributed by atoms with van der Waals surface area (Å²) in [7, 11) is 0. The van der Waals surface area contributed by atoms with E-state index in [0.717, 1.165) is 22.1 Å². The van der Waals surface area contributed by atoms with Crippen molar-refractivity contribution in [2.24, 2.45) is 5.92 Å². The van der Waals surface area contributed by atoms with Gasteiger partial charge in [-0.05, 0) is 36.0 Å². The van der Waals surface area contributed by atoms with E-state index in [9.17, 15) is 4.79 Å². The van der Waals surface area contributed by atoms with Crippen LogP contribution in [0.3, 0.4) is 0 Å². The number of rotatable bonds is 5. The molecule has 1 N–H and O–H groups in total. The Morgan fingerprint density at radius 2 is 1.54 bits per heavy atom. The Morgan fingerprint density at radius 3 is 2.12 bits per heavy atom. The van der Waals surface area contributed by atoms with Crippen LogP contribution in [0, 0.1) is 12.8 Å². The van der Waals surface area contributed by atoms with E-state index in [1.165, 1.54) is 5.56 Å². The quantitative estimate of drug-likeness (QED) is 0.614.